The summed E-state index contributed by atoms with van der Waals surface area (Å²) in [4.78, 5) is 22.4. The first kappa shape index (κ1) is 14.1. The number of nitrogens with zero attached hydrogens (tertiary/aromatic N) is 4. The molecule has 2 N–H and O–H groups in total. The van der Waals surface area contributed by atoms with E-state index in [2.05, 4.69) is 9.97 Å². The number of nitrogens with two attached hydrogens (primary N) is 1. The molecule has 2 rings (SSSR count). The Morgan fingerprint density at radius 2 is 2.05 bits per heavy atom. The number of pyridine rings is 1. The van der Waals surface area contributed by atoms with Gasteiger partial charge in [0.25, 0.3) is 0 Å². The van der Waals surface area contributed by atoms with E-state index in [0.29, 0.717) is 30.1 Å². The van der Waals surface area contributed by atoms with Gasteiger partial charge >= 0.3 is 0 Å². The number of methoxy groups -OCH3 is 1. The number of carbonyl (C=O) groups is 1. The first-order chi connectivity index (χ1) is 9.60. The van der Waals surface area contributed by atoms with Crippen LogP contribution in [0.3, 0.4) is 0 Å². The standard InChI is InChI=1S/C13H19N5O2/c1-4-17(5-2)11(19)8-18-12-9(15-13(18)14)6-7-10(16-12)20-3/h6-7H,4-5,8H2,1-3H3,(H2,14,15). The van der Waals surface area contributed by atoms with E-state index in [0.717, 1.165) is 0 Å². The molecule has 7 nitrogen and oxygen atoms in total. The van der Waals surface area contributed by atoms with E-state index in [1.165, 1.54) is 0 Å². The quantitative estimate of drug-likeness (QED) is 0.877. The second-order valence-corrected chi connectivity index (χ2v) is 4.32. The van der Waals surface area contributed by atoms with Crippen LogP contribution >= 0.6 is 0 Å². The van der Waals surface area contributed by atoms with Gasteiger partial charge in [-0.2, -0.15) is 4.98 Å². The van der Waals surface area contributed by atoms with Gasteiger partial charge in [0, 0.05) is 19.2 Å². The van der Waals surface area contributed by atoms with E-state index in [-0.39, 0.29) is 18.4 Å². The van der Waals surface area contributed by atoms with Gasteiger partial charge in [0.2, 0.25) is 17.7 Å². The van der Waals surface area contributed by atoms with Crippen LogP contribution in [0.1, 0.15) is 13.8 Å². The monoisotopic (exact) mass is 277 g/mol. The lowest BCUT2D eigenvalue weighted by Gasteiger charge is -2.19. The smallest absolute Gasteiger partial charge is 0.242 e. The molecule has 0 saturated carbocycles. The fourth-order valence-corrected chi connectivity index (χ4v) is 2.08. The molecule has 7 heteroatoms. The van der Waals surface area contributed by atoms with Gasteiger partial charge in [-0.05, 0) is 19.9 Å². The zero-order chi connectivity index (χ0) is 14.7. The van der Waals surface area contributed by atoms with Gasteiger partial charge in [0.15, 0.2) is 5.65 Å². The number of hydrogen-bond donors (Lipinski definition) is 1. The highest BCUT2D eigenvalue weighted by molar-refractivity contribution is 5.81. The third-order valence-electron chi connectivity index (χ3n) is 3.21. The minimum Gasteiger partial charge on any atom is -0.481 e. The third kappa shape index (κ3) is 2.52. The minimum absolute atomic E-state index is 0.00869. The van der Waals surface area contributed by atoms with Crippen LogP contribution in [0.15, 0.2) is 12.1 Å². The normalized spacial score (nSPS) is 10.8. The van der Waals surface area contributed by atoms with Crippen molar-refractivity contribution in [1.29, 1.82) is 0 Å². The SMILES string of the molecule is CCN(CC)C(=O)Cn1c(N)nc2ccc(OC)nc21. The highest BCUT2D eigenvalue weighted by Crippen LogP contribution is 2.19. The van der Waals surface area contributed by atoms with E-state index in [4.69, 9.17) is 10.5 Å². The summed E-state index contributed by atoms with van der Waals surface area (Å²) >= 11 is 0. The van der Waals surface area contributed by atoms with Crippen molar-refractivity contribution in [2.75, 3.05) is 25.9 Å². The van der Waals surface area contributed by atoms with Crippen molar-refractivity contribution in [1.82, 2.24) is 19.4 Å². The van der Waals surface area contributed by atoms with E-state index >= 15 is 0 Å². The number of nitrogen functional groups attached to an aromatic ring is 1. The van der Waals surface area contributed by atoms with Crippen molar-refractivity contribution in [3.63, 3.8) is 0 Å². The number of fused-ring (bicyclic) bond motifs is 1. The first-order valence-corrected chi connectivity index (χ1v) is 6.55. The number of likely N-dealkylation sites (N-methyl/N-ethyl adjacent to an activating group) is 1. The largest absolute Gasteiger partial charge is 0.481 e. The predicted molar refractivity (Wildman–Crippen MR) is 76.4 cm³/mol. The summed E-state index contributed by atoms with van der Waals surface area (Å²) in [6.45, 7) is 5.34. The zero-order valence-corrected chi connectivity index (χ0v) is 12.0. The molecule has 0 fully saturated rings. The molecule has 0 atom stereocenters. The molecule has 2 aromatic rings. The van der Waals surface area contributed by atoms with E-state index < -0.39 is 0 Å². The molecule has 1 amide bonds. The van der Waals surface area contributed by atoms with E-state index in [9.17, 15) is 4.79 Å². The minimum atomic E-state index is -0.00869. The number of rotatable bonds is 5. The van der Waals surface area contributed by atoms with Crippen molar-refractivity contribution < 1.29 is 9.53 Å². The number of ether oxygens (including phenoxy) is 1. The molecule has 0 bridgehead atoms. The number of amides is 1. The van der Waals surface area contributed by atoms with Crippen LogP contribution in [0, 0.1) is 0 Å². The van der Waals surface area contributed by atoms with Crippen molar-refractivity contribution in [3.8, 4) is 5.88 Å². The molecule has 0 spiro atoms. The Morgan fingerprint density at radius 1 is 1.35 bits per heavy atom. The summed E-state index contributed by atoms with van der Waals surface area (Å²) in [5.41, 5.74) is 7.08. The molecular formula is C13H19N5O2. The maximum Gasteiger partial charge on any atom is 0.242 e. The second kappa shape index (κ2) is 5.77. The first-order valence-electron chi connectivity index (χ1n) is 6.55. The van der Waals surface area contributed by atoms with Crippen LogP contribution in [0.2, 0.25) is 0 Å². The van der Waals surface area contributed by atoms with Crippen LogP contribution in [-0.4, -0.2) is 45.5 Å². The lowest BCUT2D eigenvalue weighted by atomic mass is 10.4. The molecule has 0 aliphatic rings. The summed E-state index contributed by atoms with van der Waals surface area (Å²) in [7, 11) is 1.54. The molecule has 2 aromatic heterocycles. The second-order valence-electron chi connectivity index (χ2n) is 4.32. The van der Waals surface area contributed by atoms with Crippen LogP contribution in [0.4, 0.5) is 5.95 Å². The average Bonchev–Trinajstić information content (AvgIpc) is 2.76. The van der Waals surface area contributed by atoms with E-state index in [1.54, 1.807) is 28.7 Å². The highest BCUT2D eigenvalue weighted by atomic mass is 16.5. The molecule has 108 valence electrons. The lowest BCUT2D eigenvalue weighted by Crippen LogP contribution is -2.33. The Labute approximate surface area is 117 Å². The zero-order valence-electron chi connectivity index (χ0n) is 12.0. The van der Waals surface area contributed by atoms with Gasteiger partial charge in [-0.15, -0.1) is 0 Å². The maximum atomic E-state index is 12.2. The molecule has 0 unspecified atom stereocenters. The number of anilines is 1. The van der Waals surface area contributed by atoms with Crippen LogP contribution in [-0.2, 0) is 11.3 Å². The highest BCUT2D eigenvalue weighted by Gasteiger charge is 2.16. The number of carbonyl (C=O) groups excluding carboxylic acids is 1. The molecule has 2 heterocycles. The van der Waals surface area contributed by atoms with Crippen LogP contribution < -0.4 is 10.5 Å². The van der Waals surface area contributed by atoms with Crippen molar-refractivity contribution in [3.05, 3.63) is 12.1 Å². The molecule has 0 aliphatic heterocycles. The molecule has 0 aliphatic carbocycles. The molecular weight excluding hydrogens is 258 g/mol. The molecule has 20 heavy (non-hydrogen) atoms. The Kier molecular flexibility index (Phi) is 4.07. The van der Waals surface area contributed by atoms with Gasteiger partial charge < -0.3 is 15.4 Å². The fourth-order valence-electron chi connectivity index (χ4n) is 2.08. The average molecular weight is 277 g/mol. The molecule has 0 radical (unpaired) electrons. The summed E-state index contributed by atoms with van der Waals surface area (Å²) in [5, 5.41) is 0. The molecule has 0 aromatic carbocycles. The van der Waals surface area contributed by atoms with Crippen molar-refractivity contribution in [2.45, 2.75) is 20.4 Å². The van der Waals surface area contributed by atoms with Crippen LogP contribution in [0.5, 0.6) is 5.88 Å². The fraction of sp³-hybridized carbons (Fsp3) is 0.462. The third-order valence-corrected chi connectivity index (χ3v) is 3.21. The Bertz CT molecular complexity index is 618. The number of imidazole rings is 1. The topological polar surface area (TPSA) is 86.3 Å². The van der Waals surface area contributed by atoms with Gasteiger partial charge in [-0.3, -0.25) is 9.36 Å². The Hall–Kier alpha value is -2.31. The van der Waals surface area contributed by atoms with Gasteiger partial charge in [-0.1, -0.05) is 0 Å². The summed E-state index contributed by atoms with van der Waals surface area (Å²) in [6.07, 6.45) is 0. The molecule has 0 saturated heterocycles. The Morgan fingerprint density at radius 3 is 2.65 bits per heavy atom. The summed E-state index contributed by atoms with van der Waals surface area (Å²) in [6, 6.07) is 3.49. The number of hydrogen-bond acceptors (Lipinski definition) is 5. The van der Waals surface area contributed by atoms with Gasteiger partial charge in [-0.25, -0.2) is 4.98 Å². The van der Waals surface area contributed by atoms with Gasteiger partial charge in [0.05, 0.1) is 7.11 Å². The Balaban J connectivity index is 2.38. The van der Waals surface area contributed by atoms with Crippen molar-refractivity contribution >= 4 is 23.0 Å². The summed E-state index contributed by atoms with van der Waals surface area (Å²) < 4.78 is 6.70. The maximum absolute atomic E-state index is 12.2. The van der Waals surface area contributed by atoms with E-state index in [1.807, 2.05) is 13.8 Å². The van der Waals surface area contributed by atoms with Crippen LogP contribution in [0.25, 0.3) is 11.2 Å². The number of aromatic nitrogens is 3. The van der Waals surface area contributed by atoms with Gasteiger partial charge in [0.1, 0.15) is 12.1 Å². The lowest BCUT2D eigenvalue weighted by molar-refractivity contribution is -0.131. The van der Waals surface area contributed by atoms with Crippen molar-refractivity contribution in [2.24, 2.45) is 0 Å². The predicted octanol–water partition coefficient (Wildman–Crippen LogP) is 0.891. The summed E-state index contributed by atoms with van der Waals surface area (Å²) in [5.74, 6) is 0.737.